The zero-order chi connectivity index (χ0) is 11.2. The molecule has 0 radical (unpaired) electrons. The molecule has 0 aliphatic carbocycles. The Morgan fingerprint density at radius 3 is 2.06 bits per heavy atom. The number of ether oxygens (including phenoxy) is 4. The number of hydrogen-bond acceptors (Lipinski definition) is 4. The molecule has 2 aliphatic heterocycles. The van der Waals surface area contributed by atoms with E-state index in [0.29, 0.717) is 25.4 Å². The van der Waals surface area contributed by atoms with Gasteiger partial charge in [0.1, 0.15) is 12.2 Å². The molecular formula is C12H22O4. The Bertz CT molecular complexity index is 173. The van der Waals surface area contributed by atoms with Gasteiger partial charge in [-0.1, -0.05) is 19.8 Å². The van der Waals surface area contributed by atoms with Gasteiger partial charge in [0.05, 0.1) is 26.4 Å². The van der Waals surface area contributed by atoms with E-state index in [2.05, 4.69) is 6.92 Å². The van der Waals surface area contributed by atoms with Crippen molar-refractivity contribution in [3.63, 3.8) is 0 Å². The van der Waals surface area contributed by atoms with Crippen molar-refractivity contribution in [3.8, 4) is 0 Å². The van der Waals surface area contributed by atoms with E-state index in [9.17, 15) is 0 Å². The summed E-state index contributed by atoms with van der Waals surface area (Å²) < 4.78 is 21.6. The molecule has 0 aromatic rings. The minimum atomic E-state index is -0.0695. The second kappa shape index (κ2) is 6.55. The van der Waals surface area contributed by atoms with Crippen molar-refractivity contribution in [2.75, 3.05) is 26.4 Å². The maximum atomic E-state index is 5.69. The van der Waals surface area contributed by atoms with Gasteiger partial charge in [-0.15, -0.1) is 0 Å². The molecule has 2 rings (SSSR count). The van der Waals surface area contributed by atoms with E-state index >= 15 is 0 Å². The molecule has 16 heavy (non-hydrogen) atoms. The monoisotopic (exact) mass is 230 g/mol. The van der Waals surface area contributed by atoms with Crippen molar-refractivity contribution in [2.24, 2.45) is 0 Å². The first kappa shape index (κ1) is 12.3. The standard InChI is InChI=1S/C12H22O4/c1-2-3-4-5-12(15-8-10-6-13-10)16-9-11-7-14-11/h10-12H,2-9H2,1H3. The summed E-state index contributed by atoms with van der Waals surface area (Å²) in [5, 5.41) is 0. The van der Waals surface area contributed by atoms with Crippen molar-refractivity contribution in [3.05, 3.63) is 0 Å². The van der Waals surface area contributed by atoms with Crippen LogP contribution >= 0.6 is 0 Å². The molecule has 0 amide bonds. The largest absolute Gasteiger partial charge is 0.371 e. The Hall–Kier alpha value is -0.160. The number of epoxide rings is 2. The molecule has 2 heterocycles. The number of hydrogen-bond donors (Lipinski definition) is 0. The molecule has 4 heteroatoms. The summed E-state index contributed by atoms with van der Waals surface area (Å²) >= 11 is 0. The fraction of sp³-hybridized carbons (Fsp3) is 1.00. The van der Waals surface area contributed by atoms with Crippen LogP contribution in [0.5, 0.6) is 0 Å². The van der Waals surface area contributed by atoms with Crippen LogP contribution in [0.25, 0.3) is 0 Å². The summed E-state index contributed by atoms with van der Waals surface area (Å²) in [5.74, 6) is 0. The average molecular weight is 230 g/mol. The van der Waals surface area contributed by atoms with E-state index in [0.717, 1.165) is 26.1 Å². The van der Waals surface area contributed by atoms with E-state index in [1.807, 2.05) is 0 Å². The van der Waals surface area contributed by atoms with Crippen LogP contribution in [0.15, 0.2) is 0 Å². The molecule has 2 saturated heterocycles. The number of unbranched alkanes of at least 4 members (excludes halogenated alkanes) is 2. The molecule has 2 unspecified atom stereocenters. The van der Waals surface area contributed by atoms with Gasteiger partial charge in [0.25, 0.3) is 0 Å². The van der Waals surface area contributed by atoms with Crippen LogP contribution in [0.2, 0.25) is 0 Å². The minimum absolute atomic E-state index is 0.0695. The summed E-state index contributed by atoms with van der Waals surface area (Å²) in [6.45, 7) is 5.22. The lowest BCUT2D eigenvalue weighted by atomic mass is 10.2. The summed E-state index contributed by atoms with van der Waals surface area (Å²) in [6.07, 6.45) is 5.17. The van der Waals surface area contributed by atoms with Gasteiger partial charge in [-0.25, -0.2) is 0 Å². The molecule has 2 fully saturated rings. The first-order chi connectivity index (χ1) is 7.88. The third-order valence-electron chi connectivity index (χ3n) is 2.78. The zero-order valence-electron chi connectivity index (χ0n) is 10.0. The van der Waals surface area contributed by atoms with Gasteiger partial charge in [0.2, 0.25) is 0 Å². The van der Waals surface area contributed by atoms with E-state index in [1.54, 1.807) is 0 Å². The van der Waals surface area contributed by atoms with E-state index < -0.39 is 0 Å². The quantitative estimate of drug-likeness (QED) is 0.325. The maximum absolute atomic E-state index is 5.69. The third kappa shape index (κ3) is 5.25. The highest BCUT2D eigenvalue weighted by Crippen LogP contribution is 2.16. The molecule has 2 aliphatic rings. The lowest BCUT2D eigenvalue weighted by Crippen LogP contribution is -2.22. The van der Waals surface area contributed by atoms with Gasteiger partial charge in [0, 0.05) is 0 Å². The normalized spacial score (nSPS) is 29.1. The molecule has 0 saturated carbocycles. The van der Waals surface area contributed by atoms with Crippen molar-refractivity contribution in [1.29, 1.82) is 0 Å². The first-order valence-corrected chi connectivity index (χ1v) is 6.35. The van der Waals surface area contributed by atoms with Gasteiger partial charge in [-0.3, -0.25) is 0 Å². The molecule has 0 spiro atoms. The smallest absolute Gasteiger partial charge is 0.157 e. The van der Waals surface area contributed by atoms with Crippen LogP contribution in [0.4, 0.5) is 0 Å². The first-order valence-electron chi connectivity index (χ1n) is 6.35. The second-order valence-electron chi connectivity index (χ2n) is 4.50. The Morgan fingerprint density at radius 2 is 1.62 bits per heavy atom. The molecule has 0 N–H and O–H groups in total. The van der Waals surface area contributed by atoms with Gasteiger partial charge < -0.3 is 18.9 Å². The summed E-state index contributed by atoms with van der Waals surface area (Å²) in [7, 11) is 0. The Kier molecular flexibility index (Phi) is 5.03. The van der Waals surface area contributed by atoms with Crippen molar-refractivity contribution in [1.82, 2.24) is 0 Å². The van der Waals surface area contributed by atoms with Gasteiger partial charge in [-0.05, 0) is 12.8 Å². The van der Waals surface area contributed by atoms with E-state index in [1.165, 1.54) is 12.8 Å². The lowest BCUT2D eigenvalue weighted by molar-refractivity contribution is -0.151. The summed E-state index contributed by atoms with van der Waals surface area (Å²) in [6, 6.07) is 0. The fourth-order valence-electron chi connectivity index (χ4n) is 1.53. The minimum Gasteiger partial charge on any atom is -0.371 e. The number of rotatable bonds is 10. The van der Waals surface area contributed by atoms with Crippen molar-refractivity contribution >= 4 is 0 Å². The molecule has 94 valence electrons. The summed E-state index contributed by atoms with van der Waals surface area (Å²) in [5.41, 5.74) is 0. The van der Waals surface area contributed by atoms with Crippen molar-refractivity contribution in [2.45, 2.75) is 51.1 Å². The fourth-order valence-corrected chi connectivity index (χ4v) is 1.53. The average Bonchev–Trinajstić information content (AvgIpc) is 3.16. The van der Waals surface area contributed by atoms with Crippen LogP contribution in [0.3, 0.4) is 0 Å². The predicted octanol–water partition coefficient (Wildman–Crippen LogP) is 1.72. The van der Waals surface area contributed by atoms with Crippen LogP contribution in [-0.4, -0.2) is 44.9 Å². The molecular weight excluding hydrogens is 208 g/mol. The molecule has 0 aromatic heterocycles. The molecule has 2 atom stereocenters. The zero-order valence-corrected chi connectivity index (χ0v) is 10.0. The summed E-state index contributed by atoms with van der Waals surface area (Å²) in [4.78, 5) is 0. The van der Waals surface area contributed by atoms with Crippen molar-refractivity contribution < 1.29 is 18.9 Å². The Labute approximate surface area is 97.2 Å². The third-order valence-corrected chi connectivity index (χ3v) is 2.78. The highest BCUT2D eigenvalue weighted by atomic mass is 16.7. The molecule has 0 aromatic carbocycles. The molecule has 0 bridgehead atoms. The lowest BCUT2D eigenvalue weighted by Gasteiger charge is -2.17. The van der Waals surface area contributed by atoms with Gasteiger partial charge in [-0.2, -0.15) is 0 Å². The highest BCUT2D eigenvalue weighted by molar-refractivity contribution is 4.69. The molecule has 4 nitrogen and oxygen atoms in total. The van der Waals surface area contributed by atoms with Gasteiger partial charge in [0.15, 0.2) is 6.29 Å². The topological polar surface area (TPSA) is 43.5 Å². The van der Waals surface area contributed by atoms with Gasteiger partial charge >= 0.3 is 0 Å². The highest BCUT2D eigenvalue weighted by Gasteiger charge is 2.27. The van der Waals surface area contributed by atoms with Crippen LogP contribution < -0.4 is 0 Å². The SMILES string of the molecule is CCCCCC(OCC1CO1)OCC1CO1. The van der Waals surface area contributed by atoms with E-state index in [-0.39, 0.29) is 6.29 Å². The van der Waals surface area contributed by atoms with Crippen LogP contribution in [0, 0.1) is 0 Å². The Balaban J connectivity index is 1.56. The van der Waals surface area contributed by atoms with E-state index in [4.69, 9.17) is 18.9 Å². The predicted molar refractivity (Wildman–Crippen MR) is 59.3 cm³/mol. The van der Waals surface area contributed by atoms with Crippen LogP contribution in [0.1, 0.15) is 32.6 Å². The van der Waals surface area contributed by atoms with Crippen LogP contribution in [-0.2, 0) is 18.9 Å². The maximum Gasteiger partial charge on any atom is 0.157 e. The second-order valence-corrected chi connectivity index (χ2v) is 4.50. The Morgan fingerprint density at radius 1 is 1.06 bits per heavy atom.